The molecule has 1 N–H and O–H groups in total. The second-order valence-electron chi connectivity index (χ2n) is 7.80. The lowest BCUT2D eigenvalue weighted by atomic mass is 10.0. The number of carbonyl (C=O) groups excluding carboxylic acids is 1. The summed E-state index contributed by atoms with van der Waals surface area (Å²) in [6, 6.07) is 12.3. The number of carbonyl (C=O) groups is 1. The van der Waals surface area contributed by atoms with Crippen LogP contribution >= 0.6 is 11.3 Å². The lowest BCUT2D eigenvalue weighted by molar-refractivity contribution is 0.102. The Morgan fingerprint density at radius 3 is 2.45 bits per heavy atom. The zero-order valence-corrected chi connectivity index (χ0v) is 19.2. The average molecular weight is 456 g/mol. The van der Waals surface area contributed by atoms with Gasteiger partial charge in [-0.1, -0.05) is 24.1 Å². The highest BCUT2D eigenvalue weighted by Crippen LogP contribution is 2.28. The van der Waals surface area contributed by atoms with Gasteiger partial charge in [0, 0.05) is 29.6 Å². The Bertz CT molecular complexity index is 1200. The maximum absolute atomic E-state index is 12.8. The molecule has 0 unspecified atom stereocenters. The molecule has 1 saturated heterocycles. The Hall–Kier alpha value is -2.55. The van der Waals surface area contributed by atoms with Crippen LogP contribution in [0.25, 0.3) is 11.3 Å². The van der Waals surface area contributed by atoms with Crippen LogP contribution < -0.4 is 5.32 Å². The lowest BCUT2D eigenvalue weighted by Crippen LogP contribution is -2.35. The van der Waals surface area contributed by atoms with Crippen molar-refractivity contribution in [3.8, 4) is 11.3 Å². The highest BCUT2D eigenvalue weighted by molar-refractivity contribution is 7.89. The van der Waals surface area contributed by atoms with Crippen molar-refractivity contribution in [1.82, 2.24) is 9.29 Å². The fourth-order valence-corrected chi connectivity index (χ4v) is 5.89. The SMILES string of the molecule is Cc1ccc(C)c(-c2csc(NC(=O)c3ccc(S(=O)(=O)N4CCCCC4)cc3)n2)c1. The smallest absolute Gasteiger partial charge is 0.257 e. The average Bonchev–Trinajstić information content (AvgIpc) is 3.24. The van der Waals surface area contributed by atoms with E-state index >= 15 is 0 Å². The van der Waals surface area contributed by atoms with E-state index in [9.17, 15) is 13.2 Å². The molecular formula is C23H25N3O3S2. The molecule has 6 nitrogen and oxygen atoms in total. The molecule has 0 aliphatic carbocycles. The van der Waals surface area contributed by atoms with Crippen molar-refractivity contribution in [2.75, 3.05) is 18.4 Å². The number of hydrogen-bond donors (Lipinski definition) is 1. The van der Waals surface area contributed by atoms with Crippen molar-refractivity contribution in [2.24, 2.45) is 0 Å². The second-order valence-corrected chi connectivity index (χ2v) is 10.6. The molecule has 4 rings (SSSR count). The zero-order chi connectivity index (χ0) is 22.0. The first kappa shape index (κ1) is 21.7. The third-order valence-electron chi connectivity index (χ3n) is 5.46. The fraction of sp³-hybridized carbons (Fsp3) is 0.304. The second kappa shape index (κ2) is 8.90. The molecular weight excluding hydrogens is 430 g/mol. The van der Waals surface area contributed by atoms with Crippen LogP contribution in [0, 0.1) is 13.8 Å². The van der Waals surface area contributed by atoms with Gasteiger partial charge < -0.3 is 0 Å². The van der Waals surface area contributed by atoms with Gasteiger partial charge in [-0.25, -0.2) is 13.4 Å². The lowest BCUT2D eigenvalue weighted by Gasteiger charge is -2.25. The van der Waals surface area contributed by atoms with Crippen LogP contribution in [-0.4, -0.2) is 36.7 Å². The molecule has 1 amide bonds. The molecule has 2 heterocycles. The van der Waals surface area contributed by atoms with E-state index in [0.717, 1.165) is 41.6 Å². The third kappa shape index (κ3) is 4.71. The number of benzene rings is 2. The number of thiazole rings is 1. The van der Waals surface area contributed by atoms with Crippen molar-refractivity contribution in [3.05, 3.63) is 64.5 Å². The van der Waals surface area contributed by atoms with Gasteiger partial charge in [-0.2, -0.15) is 4.31 Å². The third-order valence-corrected chi connectivity index (χ3v) is 8.13. The number of piperidine rings is 1. The first-order valence-corrected chi connectivity index (χ1v) is 12.6. The molecule has 1 aromatic heterocycles. The van der Waals surface area contributed by atoms with Gasteiger partial charge in [-0.15, -0.1) is 11.3 Å². The molecule has 0 radical (unpaired) electrons. The zero-order valence-electron chi connectivity index (χ0n) is 17.6. The molecule has 1 aliphatic rings. The van der Waals surface area contributed by atoms with Crippen molar-refractivity contribution in [1.29, 1.82) is 0 Å². The van der Waals surface area contributed by atoms with Crippen LogP contribution in [0.2, 0.25) is 0 Å². The standard InChI is InChI=1S/C23H25N3O3S2/c1-16-6-7-17(2)20(14-16)21-15-30-23(24-21)25-22(27)18-8-10-19(11-9-18)31(28,29)26-12-4-3-5-13-26/h6-11,14-15H,3-5,12-13H2,1-2H3,(H,24,25,27). The van der Waals surface area contributed by atoms with Crippen molar-refractivity contribution in [3.63, 3.8) is 0 Å². The van der Waals surface area contributed by atoms with Crippen LogP contribution in [-0.2, 0) is 10.0 Å². The maximum atomic E-state index is 12.8. The van der Waals surface area contributed by atoms with Crippen LogP contribution in [0.1, 0.15) is 40.7 Å². The van der Waals surface area contributed by atoms with E-state index in [-0.39, 0.29) is 10.8 Å². The minimum Gasteiger partial charge on any atom is -0.298 e. The van der Waals surface area contributed by atoms with Gasteiger partial charge in [0.25, 0.3) is 5.91 Å². The molecule has 0 spiro atoms. The van der Waals surface area contributed by atoms with Gasteiger partial charge in [-0.3, -0.25) is 10.1 Å². The van der Waals surface area contributed by atoms with E-state index in [1.165, 1.54) is 27.8 Å². The molecule has 8 heteroatoms. The van der Waals surface area contributed by atoms with Gasteiger partial charge in [0.2, 0.25) is 10.0 Å². The first-order chi connectivity index (χ1) is 14.8. The summed E-state index contributed by atoms with van der Waals surface area (Å²) in [7, 11) is -3.51. The normalized spacial score (nSPS) is 15.0. The Morgan fingerprint density at radius 2 is 1.74 bits per heavy atom. The predicted octanol–water partition coefficient (Wildman–Crippen LogP) is 4.85. The summed E-state index contributed by atoms with van der Waals surface area (Å²) < 4.78 is 27.1. The van der Waals surface area contributed by atoms with Gasteiger partial charge in [-0.05, 0) is 62.6 Å². The fourth-order valence-electron chi connectivity index (χ4n) is 3.67. The number of hydrogen-bond acceptors (Lipinski definition) is 5. The minimum absolute atomic E-state index is 0.220. The molecule has 31 heavy (non-hydrogen) atoms. The number of nitrogens with zero attached hydrogens (tertiary/aromatic N) is 2. The Balaban J connectivity index is 1.47. The highest BCUT2D eigenvalue weighted by atomic mass is 32.2. The summed E-state index contributed by atoms with van der Waals surface area (Å²) in [5.41, 5.74) is 4.53. The van der Waals surface area contributed by atoms with Gasteiger partial charge in [0.1, 0.15) is 0 Å². The molecule has 0 saturated carbocycles. The van der Waals surface area contributed by atoms with Crippen LogP contribution in [0.15, 0.2) is 52.7 Å². The summed E-state index contributed by atoms with van der Waals surface area (Å²) in [4.78, 5) is 17.4. The van der Waals surface area contributed by atoms with E-state index in [2.05, 4.69) is 28.5 Å². The van der Waals surface area contributed by atoms with Gasteiger partial charge in [0.15, 0.2) is 5.13 Å². The van der Waals surface area contributed by atoms with E-state index in [4.69, 9.17) is 0 Å². The predicted molar refractivity (Wildman–Crippen MR) is 124 cm³/mol. The Labute approximate surface area is 187 Å². The summed E-state index contributed by atoms with van der Waals surface area (Å²) in [6.07, 6.45) is 2.84. The van der Waals surface area contributed by atoms with E-state index in [1.54, 1.807) is 12.1 Å². The molecule has 162 valence electrons. The number of sulfonamides is 1. The summed E-state index contributed by atoms with van der Waals surface area (Å²) in [6.45, 7) is 5.17. The quantitative estimate of drug-likeness (QED) is 0.596. The van der Waals surface area contributed by atoms with Crippen molar-refractivity contribution >= 4 is 32.4 Å². The van der Waals surface area contributed by atoms with Crippen molar-refractivity contribution in [2.45, 2.75) is 38.0 Å². The molecule has 1 aliphatic heterocycles. The molecule has 2 aromatic carbocycles. The van der Waals surface area contributed by atoms with Gasteiger partial charge in [0.05, 0.1) is 10.6 Å². The summed E-state index contributed by atoms with van der Waals surface area (Å²) in [5, 5.41) is 5.24. The number of rotatable bonds is 5. The monoisotopic (exact) mass is 455 g/mol. The highest BCUT2D eigenvalue weighted by Gasteiger charge is 2.26. The van der Waals surface area contributed by atoms with Gasteiger partial charge >= 0.3 is 0 Å². The van der Waals surface area contributed by atoms with Crippen molar-refractivity contribution < 1.29 is 13.2 Å². The summed E-state index contributed by atoms with van der Waals surface area (Å²) in [5.74, 6) is -0.316. The number of nitrogens with one attached hydrogen (secondary N) is 1. The number of aromatic nitrogens is 1. The van der Waals surface area contributed by atoms with Crippen LogP contribution in [0.4, 0.5) is 5.13 Å². The Kier molecular flexibility index (Phi) is 6.22. The molecule has 3 aromatic rings. The number of aryl methyl sites for hydroxylation is 2. The minimum atomic E-state index is -3.51. The largest absolute Gasteiger partial charge is 0.298 e. The maximum Gasteiger partial charge on any atom is 0.257 e. The summed E-state index contributed by atoms with van der Waals surface area (Å²) >= 11 is 1.36. The molecule has 0 bridgehead atoms. The number of amides is 1. The molecule has 0 atom stereocenters. The van der Waals surface area contributed by atoms with E-state index < -0.39 is 10.0 Å². The Morgan fingerprint density at radius 1 is 1.03 bits per heavy atom. The molecule has 1 fully saturated rings. The van der Waals surface area contributed by atoms with E-state index in [0.29, 0.717) is 23.8 Å². The number of anilines is 1. The first-order valence-electron chi connectivity index (χ1n) is 10.3. The van der Waals surface area contributed by atoms with Crippen LogP contribution in [0.5, 0.6) is 0 Å². The van der Waals surface area contributed by atoms with Crippen LogP contribution in [0.3, 0.4) is 0 Å². The van der Waals surface area contributed by atoms with E-state index in [1.807, 2.05) is 19.2 Å². The topological polar surface area (TPSA) is 79.4 Å².